The first kappa shape index (κ1) is 10.4. The van der Waals surface area contributed by atoms with Crippen molar-refractivity contribution in [3.05, 3.63) is 45.8 Å². The second-order valence-corrected chi connectivity index (χ2v) is 2.57. The summed E-state index contributed by atoms with van der Waals surface area (Å²) in [4.78, 5) is 2.40. The highest BCUT2D eigenvalue weighted by Crippen LogP contribution is 2.19. The number of hydrogen-bond donors (Lipinski definition) is 1. The Balaban J connectivity index is 2.94. The van der Waals surface area contributed by atoms with Gasteiger partial charge in [-0.3, -0.25) is 0 Å². The van der Waals surface area contributed by atoms with Crippen LogP contribution in [0, 0.1) is 11.6 Å². The van der Waals surface area contributed by atoms with Crippen molar-refractivity contribution in [2.24, 2.45) is 5.11 Å². The molecule has 74 valence electrons. The molecule has 0 aliphatic carbocycles. The van der Waals surface area contributed by atoms with E-state index in [-0.39, 0.29) is 12.1 Å². The van der Waals surface area contributed by atoms with Crippen molar-refractivity contribution >= 4 is 0 Å². The van der Waals surface area contributed by atoms with Crippen LogP contribution in [0.4, 0.5) is 8.78 Å². The highest BCUT2D eigenvalue weighted by molar-refractivity contribution is 5.21. The van der Waals surface area contributed by atoms with Crippen molar-refractivity contribution in [3.8, 4) is 0 Å². The summed E-state index contributed by atoms with van der Waals surface area (Å²) >= 11 is 0. The van der Waals surface area contributed by atoms with Crippen molar-refractivity contribution < 1.29 is 13.9 Å². The van der Waals surface area contributed by atoms with Gasteiger partial charge in [-0.15, -0.1) is 0 Å². The van der Waals surface area contributed by atoms with Gasteiger partial charge in [0.05, 0.1) is 12.6 Å². The van der Waals surface area contributed by atoms with Crippen LogP contribution in [-0.4, -0.2) is 11.7 Å². The maximum absolute atomic E-state index is 13.0. The minimum Gasteiger partial charge on any atom is -0.388 e. The zero-order chi connectivity index (χ0) is 10.6. The van der Waals surface area contributed by atoms with Crippen LogP contribution in [0.5, 0.6) is 0 Å². The Bertz CT molecular complexity index is 377. The van der Waals surface area contributed by atoms with Crippen LogP contribution in [0.2, 0.25) is 0 Å². The molecule has 0 aliphatic heterocycles. The zero-order valence-electron chi connectivity index (χ0n) is 7.06. The first-order valence-corrected chi connectivity index (χ1v) is 3.79. The van der Waals surface area contributed by atoms with E-state index in [1.165, 1.54) is 12.1 Å². The number of halogens is 2. The topological polar surface area (TPSA) is 69.0 Å². The lowest BCUT2D eigenvalue weighted by atomic mass is 10.1. The molecule has 0 heterocycles. The van der Waals surface area contributed by atoms with Crippen LogP contribution in [-0.2, 0) is 0 Å². The molecule has 0 fully saturated rings. The molecule has 1 aromatic carbocycles. The summed E-state index contributed by atoms with van der Waals surface area (Å²) in [6, 6.07) is 3.45. The standard InChI is InChI=1S/C8H7F2N3O/c9-6-3-1-2-5(8(6)10)7(14)4-12-13-11/h1-3,7,14H,4H2. The molecule has 4 nitrogen and oxygen atoms in total. The molecule has 0 saturated heterocycles. The molecule has 0 bridgehead atoms. The van der Waals surface area contributed by atoms with Gasteiger partial charge in [0.25, 0.3) is 0 Å². The highest BCUT2D eigenvalue weighted by atomic mass is 19.2. The molecular weight excluding hydrogens is 192 g/mol. The van der Waals surface area contributed by atoms with E-state index in [1.807, 2.05) is 0 Å². The van der Waals surface area contributed by atoms with Gasteiger partial charge in [-0.1, -0.05) is 17.2 Å². The fraction of sp³-hybridized carbons (Fsp3) is 0.250. The molecule has 0 aliphatic rings. The number of hydrogen-bond acceptors (Lipinski definition) is 2. The third-order valence-electron chi connectivity index (χ3n) is 1.66. The van der Waals surface area contributed by atoms with E-state index in [0.717, 1.165) is 6.07 Å². The molecule has 0 aromatic heterocycles. The minimum absolute atomic E-state index is 0.211. The van der Waals surface area contributed by atoms with Crippen molar-refractivity contribution in [1.29, 1.82) is 0 Å². The normalized spacial score (nSPS) is 11.9. The molecule has 0 spiro atoms. The molecule has 1 N–H and O–H groups in total. The highest BCUT2D eigenvalue weighted by Gasteiger charge is 2.14. The Morgan fingerprint density at radius 2 is 2.21 bits per heavy atom. The molecule has 1 aromatic rings. The van der Waals surface area contributed by atoms with E-state index in [1.54, 1.807) is 0 Å². The molecule has 1 rings (SSSR count). The Morgan fingerprint density at radius 1 is 1.50 bits per heavy atom. The summed E-state index contributed by atoms with van der Waals surface area (Å²) in [5.74, 6) is -2.16. The molecule has 1 atom stereocenters. The Kier molecular flexibility index (Phi) is 3.39. The summed E-state index contributed by atoms with van der Waals surface area (Å²) in [6.45, 7) is -0.323. The van der Waals surface area contributed by atoms with Gasteiger partial charge >= 0.3 is 0 Å². The van der Waals surface area contributed by atoms with Gasteiger partial charge in [0.1, 0.15) is 0 Å². The van der Waals surface area contributed by atoms with E-state index in [9.17, 15) is 13.9 Å². The van der Waals surface area contributed by atoms with E-state index < -0.39 is 17.7 Å². The van der Waals surface area contributed by atoms with Gasteiger partial charge in [0.2, 0.25) is 0 Å². The van der Waals surface area contributed by atoms with Crippen molar-refractivity contribution in [1.82, 2.24) is 0 Å². The predicted octanol–water partition coefficient (Wildman–Crippen LogP) is 2.31. The third-order valence-corrected chi connectivity index (χ3v) is 1.66. The first-order valence-electron chi connectivity index (χ1n) is 3.79. The zero-order valence-corrected chi connectivity index (χ0v) is 7.06. The first-order chi connectivity index (χ1) is 6.66. The van der Waals surface area contributed by atoms with Crippen LogP contribution >= 0.6 is 0 Å². The number of benzene rings is 1. The minimum atomic E-state index is -1.32. The SMILES string of the molecule is [N-]=[N+]=NCC(O)c1cccc(F)c1F. The van der Waals surface area contributed by atoms with Crippen molar-refractivity contribution in [2.75, 3.05) is 6.54 Å². The maximum atomic E-state index is 13.0. The monoisotopic (exact) mass is 199 g/mol. The van der Waals surface area contributed by atoms with Crippen LogP contribution < -0.4 is 0 Å². The average molecular weight is 199 g/mol. The van der Waals surface area contributed by atoms with Gasteiger partial charge in [-0.05, 0) is 11.6 Å². The van der Waals surface area contributed by atoms with Gasteiger partial charge in [-0.2, -0.15) is 0 Å². The van der Waals surface area contributed by atoms with Crippen molar-refractivity contribution in [3.63, 3.8) is 0 Å². The van der Waals surface area contributed by atoms with E-state index in [2.05, 4.69) is 10.0 Å². The molecule has 1 unspecified atom stereocenters. The van der Waals surface area contributed by atoms with Crippen molar-refractivity contribution in [2.45, 2.75) is 6.10 Å². The van der Waals surface area contributed by atoms with Gasteiger partial charge < -0.3 is 5.11 Å². The van der Waals surface area contributed by atoms with Crippen LogP contribution in [0.1, 0.15) is 11.7 Å². The maximum Gasteiger partial charge on any atom is 0.164 e. The van der Waals surface area contributed by atoms with Crippen LogP contribution in [0.3, 0.4) is 0 Å². The quantitative estimate of drug-likeness (QED) is 0.453. The summed E-state index contributed by atoms with van der Waals surface area (Å²) in [7, 11) is 0. The Hall–Kier alpha value is -1.65. The van der Waals surface area contributed by atoms with Gasteiger partial charge in [0, 0.05) is 10.5 Å². The number of aliphatic hydroxyl groups is 1. The van der Waals surface area contributed by atoms with Gasteiger partial charge in [0.15, 0.2) is 11.6 Å². The fourth-order valence-electron chi connectivity index (χ4n) is 0.990. The van der Waals surface area contributed by atoms with E-state index in [0.29, 0.717) is 0 Å². The predicted molar refractivity (Wildman–Crippen MR) is 45.3 cm³/mol. The number of rotatable bonds is 3. The number of aliphatic hydroxyl groups excluding tert-OH is 1. The molecule has 0 saturated carbocycles. The summed E-state index contributed by atoms with van der Waals surface area (Å²) in [5, 5.41) is 12.3. The lowest BCUT2D eigenvalue weighted by Gasteiger charge is -2.08. The largest absolute Gasteiger partial charge is 0.388 e. The number of azide groups is 1. The summed E-state index contributed by atoms with van der Waals surface area (Å²) in [5.41, 5.74) is 7.75. The summed E-state index contributed by atoms with van der Waals surface area (Å²) in [6.07, 6.45) is -1.32. The Labute approximate surface area is 78.4 Å². The lowest BCUT2D eigenvalue weighted by Crippen LogP contribution is -2.05. The number of nitrogens with zero attached hydrogens (tertiary/aromatic N) is 3. The van der Waals surface area contributed by atoms with E-state index >= 15 is 0 Å². The molecule has 14 heavy (non-hydrogen) atoms. The second kappa shape index (κ2) is 4.55. The summed E-state index contributed by atoms with van der Waals surface area (Å²) < 4.78 is 25.7. The van der Waals surface area contributed by atoms with Gasteiger partial charge in [-0.25, -0.2) is 8.78 Å². The molecule has 0 radical (unpaired) electrons. The molecular formula is C8H7F2N3O. The Morgan fingerprint density at radius 3 is 2.86 bits per heavy atom. The van der Waals surface area contributed by atoms with E-state index in [4.69, 9.17) is 5.53 Å². The van der Waals surface area contributed by atoms with Crippen LogP contribution in [0.15, 0.2) is 23.3 Å². The molecule has 0 amide bonds. The lowest BCUT2D eigenvalue weighted by molar-refractivity contribution is 0.180. The average Bonchev–Trinajstić information content (AvgIpc) is 2.18. The fourth-order valence-corrected chi connectivity index (χ4v) is 0.990. The second-order valence-electron chi connectivity index (χ2n) is 2.57. The molecule has 6 heteroatoms. The third kappa shape index (κ3) is 2.18. The van der Waals surface area contributed by atoms with Crippen LogP contribution in [0.25, 0.3) is 10.4 Å². The smallest absolute Gasteiger partial charge is 0.164 e.